The molecule has 0 saturated heterocycles. The van der Waals surface area contributed by atoms with Crippen molar-refractivity contribution in [2.75, 3.05) is 38.3 Å². The molecule has 0 bridgehead atoms. The summed E-state index contributed by atoms with van der Waals surface area (Å²) in [7, 11) is 0. The molecule has 3 N–H and O–H groups in total. The van der Waals surface area contributed by atoms with E-state index in [1.165, 1.54) is 0 Å². The largest absolute Gasteiger partial charge is 0.490 e. The highest BCUT2D eigenvalue weighted by Crippen LogP contribution is 2.53. The molecule has 0 unspecified atom stereocenters. The third-order valence-corrected chi connectivity index (χ3v) is 7.26. The third-order valence-electron chi connectivity index (χ3n) is 7.26. The SMILES string of the molecule is N#CC1=C(N)N2CCc3cc4c(cc3C2=C[C@]12C(=O)Nc1cc3c(cc12)OCCO3)OCCCO4. The topological polar surface area (TPSA) is 119 Å². The van der Waals surface area contributed by atoms with Crippen molar-refractivity contribution in [3.63, 3.8) is 0 Å². The highest BCUT2D eigenvalue weighted by Gasteiger charge is 2.54. The highest BCUT2D eigenvalue weighted by molar-refractivity contribution is 6.12. The summed E-state index contributed by atoms with van der Waals surface area (Å²) in [4.78, 5) is 15.6. The van der Waals surface area contributed by atoms with Gasteiger partial charge in [-0.3, -0.25) is 4.79 Å². The molecule has 176 valence electrons. The lowest BCUT2D eigenvalue weighted by molar-refractivity contribution is -0.118. The van der Waals surface area contributed by atoms with E-state index >= 15 is 0 Å². The van der Waals surface area contributed by atoms with E-state index in [-0.39, 0.29) is 17.3 Å². The Balaban J connectivity index is 1.46. The number of fused-ring (bicyclic) bond motifs is 7. The number of nitrogens with zero attached hydrogens (tertiary/aromatic N) is 2. The van der Waals surface area contributed by atoms with Crippen LogP contribution in [0.1, 0.15) is 23.1 Å². The van der Waals surface area contributed by atoms with Crippen molar-refractivity contribution in [2.24, 2.45) is 5.73 Å². The molecule has 1 atom stereocenters. The van der Waals surface area contributed by atoms with Crippen LogP contribution in [0.4, 0.5) is 5.69 Å². The maximum Gasteiger partial charge on any atom is 0.244 e. The summed E-state index contributed by atoms with van der Waals surface area (Å²) in [6, 6.07) is 9.77. The van der Waals surface area contributed by atoms with Gasteiger partial charge in [0, 0.05) is 41.5 Å². The second kappa shape index (κ2) is 7.09. The average Bonchev–Trinajstić information content (AvgIpc) is 3.00. The first-order valence-corrected chi connectivity index (χ1v) is 11.7. The zero-order chi connectivity index (χ0) is 23.7. The summed E-state index contributed by atoms with van der Waals surface area (Å²) in [5.74, 6) is 2.46. The van der Waals surface area contributed by atoms with Gasteiger partial charge in [-0.1, -0.05) is 0 Å². The maximum absolute atomic E-state index is 13.7. The van der Waals surface area contributed by atoms with Crippen molar-refractivity contribution < 1.29 is 23.7 Å². The molecule has 2 aromatic carbocycles. The van der Waals surface area contributed by atoms with Gasteiger partial charge in [0.25, 0.3) is 0 Å². The molecular weight excluding hydrogens is 448 g/mol. The molecule has 9 nitrogen and oxygen atoms in total. The fourth-order valence-corrected chi connectivity index (χ4v) is 5.61. The van der Waals surface area contributed by atoms with Crippen LogP contribution < -0.4 is 30.0 Å². The van der Waals surface area contributed by atoms with E-state index in [1.54, 1.807) is 12.1 Å². The van der Waals surface area contributed by atoms with Crippen LogP contribution in [-0.4, -0.2) is 43.8 Å². The van der Waals surface area contributed by atoms with Gasteiger partial charge >= 0.3 is 0 Å². The van der Waals surface area contributed by atoms with Gasteiger partial charge in [-0.15, -0.1) is 0 Å². The van der Waals surface area contributed by atoms with E-state index in [0.29, 0.717) is 61.5 Å². The number of hydrogen-bond acceptors (Lipinski definition) is 8. The smallest absolute Gasteiger partial charge is 0.244 e. The van der Waals surface area contributed by atoms with Crippen LogP contribution in [-0.2, 0) is 16.6 Å². The number of amides is 1. The van der Waals surface area contributed by atoms with Gasteiger partial charge in [-0.25, -0.2) is 0 Å². The van der Waals surface area contributed by atoms with E-state index in [0.717, 1.165) is 35.4 Å². The summed E-state index contributed by atoms with van der Waals surface area (Å²) in [6.45, 7) is 2.62. The molecule has 5 aliphatic rings. The van der Waals surface area contributed by atoms with Gasteiger partial charge in [0.2, 0.25) is 5.91 Å². The first kappa shape index (κ1) is 20.1. The quantitative estimate of drug-likeness (QED) is 0.603. The predicted molar refractivity (Wildman–Crippen MR) is 125 cm³/mol. The minimum absolute atomic E-state index is 0.201. The van der Waals surface area contributed by atoms with E-state index in [1.807, 2.05) is 23.1 Å². The molecule has 35 heavy (non-hydrogen) atoms. The molecular formula is C26H22N4O5. The van der Waals surface area contributed by atoms with Crippen molar-refractivity contribution in [3.8, 4) is 29.1 Å². The number of nitriles is 1. The highest BCUT2D eigenvalue weighted by atomic mass is 16.6. The number of rotatable bonds is 0. The summed E-state index contributed by atoms with van der Waals surface area (Å²) in [5.41, 5.74) is 9.43. The molecule has 0 aliphatic carbocycles. The lowest BCUT2D eigenvalue weighted by Gasteiger charge is -2.41. The van der Waals surface area contributed by atoms with Crippen LogP contribution in [0.3, 0.4) is 0 Å². The Morgan fingerprint density at radius 2 is 1.66 bits per heavy atom. The predicted octanol–water partition coefficient (Wildman–Crippen LogP) is 2.42. The fourth-order valence-electron chi connectivity index (χ4n) is 5.61. The van der Waals surface area contributed by atoms with Crippen molar-refractivity contribution in [3.05, 3.63) is 58.4 Å². The number of carbonyl (C=O) groups is 1. The van der Waals surface area contributed by atoms with Gasteiger partial charge in [-0.2, -0.15) is 5.26 Å². The lowest BCUT2D eigenvalue weighted by Crippen LogP contribution is -2.45. The van der Waals surface area contributed by atoms with Crippen LogP contribution in [0.15, 0.2) is 41.7 Å². The fraction of sp³-hybridized carbons (Fsp3) is 0.308. The van der Waals surface area contributed by atoms with E-state index in [9.17, 15) is 10.1 Å². The van der Waals surface area contributed by atoms with Crippen LogP contribution in [0.2, 0.25) is 0 Å². The summed E-state index contributed by atoms with van der Waals surface area (Å²) >= 11 is 0. The molecule has 0 radical (unpaired) electrons. The Hall–Kier alpha value is -4.32. The van der Waals surface area contributed by atoms with E-state index in [2.05, 4.69) is 11.4 Å². The molecule has 9 heteroatoms. The van der Waals surface area contributed by atoms with Crippen LogP contribution in [0.25, 0.3) is 5.70 Å². The summed E-state index contributed by atoms with van der Waals surface area (Å²) in [5, 5.41) is 13.2. The van der Waals surface area contributed by atoms with Crippen molar-refractivity contribution >= 4 is 17.3 Å². The average molecular weight is 470 g/mol. The van der Waals surface area contributed by atoms with Crippen LogP contribution in [0.5, 0.6) is 23.0 Å². The number of benzene rings is 2. The number of nitrogens with one attached hydrogen (secondary N) is 1. The Bertz CT molecular complexity index is 1420. The van der Waals surface area contributed by atoms with Crippen molar-refractivity contribution in [2.45, 2.75) is 18.3 Å². The molecule has 1 spiro atoms. The molecule has 5 heterocycles. The third kappa shape index (κ3) is 2.65. The molecule has 2 aromatic rings. The molecule has 0 fully saturated rings. The van der Waals surface area contributed by atoms with Gasteiger partial charge < -0.3 is 34.9 Å². The zero-order valence-corrected chi connectivity index (χ0v) is 18.8. The van der Waals surface area contributed by atoms with Crippen molar-refractivity contribution in [1.82, 2.24) is 4.90 Å². The first-order valence-electron chi connectivity index (χ1n) is 11.7. The molecule has 5 aliphatic heterocycles. The number of hydrogen-bond donors (Lipinski definition) is 2. The number of carbonyl (C=O) groups excluding carboxylic acids is 1. The monoisotopic (exact) mass is 470 g/mol. The Labute approximate surface area is 201 Å². The number of nitrogens with two attached hydrogens (primary N) is 1. The Morgan fingerprint density at radius 1 is 0.971 bits per heavy atom. The first-order chi connectivity index (χ1) is 17.1. The Morgan fingerprint density at radius 3 is 2.43 bits per heavy atom. The van der Waals surface area contributed by atoms with Gasteiger partial charge in [0.15, 0.2) is 23.0 Å². The summed E-state index contributed by atoms with van der Waals surface area (Å²) < 4.78 is 23.3. The molecule has 0 aromatic heterocycles. The Kier molecular flexibility index (Phi) is 4.07. The number of ether oxygens (including phenoxy) is 4. The van der Waals surface area contributed by atoms with Gasteiger partial charge in [0.05, 0.1) is 18.8 Å². The summed E-state index contributed by atoms with van der Waals surface area (Å²) in [6.07, 6.45) is 3.39. The van der Waals surface area contributed by atoms with Gasteiger partial charge in [-0.05, 0) is 36.3 Å². The van der Waals surface area contributed by atoms with E-state index < -0.39 is 5.41 Å². The second-order valence-corrected chi connectivity index (χ2v) is 9.11. The minimum Gasteiger partial charge on any atom is -0.490 e. The van der Waals surface area contributed by atoms with Gasteiger partial charge in [0.1, 0.15) is 30.5 Å². The second-order valence-electron chi connectivity index (χ2n) is 9.11. The normalized spacial score (nSPS) is 23.5. The van der Waals surface area contributed by atoms with Crippen LogP contribution >= 0.6 is 0 Å². The maximum atomic E-state index is 13.7. The lowest BCUT2D eigenvalue weighted by atomic mass is 9.71. The zero-order valence-electron chi connectivity index (χ0n) is 18.8. The van der Waals surface area contributed by atoms with Crippen LogP contribution in [0, 0.1) is 11.3 Å². The minimum atomic E-state index is -1.38. The number of anilines is 1. The molecule has 1 amide bonds. The molecule has 0 saturated carbocycles. The van der Waals surface area contributed by atoms with E-state index in [4.69, 9.17) is 24.7 Å². The van der Waals surface area contributed by atoms with Crippen molar-refractivity contribution in [1.29, 1.82) is 5.26 Å². The molecule has 7 rings (SSSR count). The standard InChI is InChI=1S/C26H22N4O5/c27-13-17-24(28)30-3-2-14-8-20-21(33-5-1-4-32-20)9-15(14)19(30)12-26(17)16-10-22-23(35-7-6-34-22)11-18(16)29-25(26)31/h8-12H,1-7,28H2,(H,29,31)/t26-/m1/s1.